The molecule has 1 aliphatic heterocycles. The Balaban J connectivity index is 2.77. The summed E-state index contributed by atoms with van der Waals surface area (Å²) < 4.78 is 28.2. The number of cyclic esters (lactones) is 1. The van der Waals surface area contributed by atoms with Crippen LogP contribution in [0.2, 0.25) is 0 Å². The Bertz CT molecular complexity index is 356. The molecule has 8 heteroatoms. The topological polar surface area (TPSA) is 83.9 Å². The number of sulfone groups is 1. The molecule has 15 heavy (non-hydrogen) atoms. The summed E-state index contributed by atoms with van der Waals surface area (Å²) in [6.45, 7) is 0.995. The van der Waals surface area contributed by atoms with Crippen LogP contribution in [0, 0.1) is 0 Å². The molecule has 1 rings (SSSR count). The number of nitrogens with zero attached hydrogens (tertiary/aromatic N) is 1. The molecule has 1 fully saturated rings. The summed E-state index contributed by atoms with van der Waals surface area (Å²) in [5.74, 6) is -0.669. The maximum Gasteiger partial charge on any atom is 0.425 e. The van der Waals surface area contributed by atoms with Crippen LogP contribution in [0.25, 0.3) is 0 Å². The van der Waals surface area contributed by atoms with Crippen molar-refractivity contribution in [2.45, 2.75) is 12.5 Å². The van der Waals surface area contributed by atoms with Gasteiger partial charge in [-0.15, -0.1) is 0 Å². The lowest BCUT2D eigenvalue weighted by molar-refractivity contribution is 0.170. The van der Waals surface area contributed by atoms with Crippen LogP contribution in [0.3, 0.4) is 0 Å². The zero-order valence-corrected chi connectivity index (χ0v) is 9.71. The number of hydrogen-bond acceptors (Lipinski definition) is 5. The quantitative estimate of drug-likeness (QED) is 0.703. The Labute approximate surface area is 92.8 Å². The van der Waals surface area contributed by atoms with Gasteiger partial charge in [0.1, 0.15) is 12.1 Å². The van der Waals surface area contributed by atoms with Crippen LogP contribution >= 0.6 is 11.8 Å². The van der Waals surface area contributed by atoms with Crippen LogP contribution in [0.5, 0.6) is 0 Å². The first-order valence-corrected chi connectivity index (χ1v) is 6.41. The lowest BCUT2D eigenvalue weighted by atomic mass is 10.1. The summed E-state index contributed by atoms with van der Waals surface area (Å²) in [7, 11) is -3.44. The molecule has 1 heterocycles. The van der Waals surface area contributed by atoms with Gasteiger partial charge in [0.2, 0.25) is 0 Å². The van der Waals surface area contributed by atoms with Gasteiger partial charge < -0.3 is 9.84 Å². The van der Waals surface area contributed by atoms with Gasteiger partial charge in [-0.05, 0) is 6.92 Å². The molecule has 0 spiro atoms. The molecule has 0 aliphatic carbocycles. The van der Waals surface area contributed by atoms with Crippen molar-refractivity contribution in [3.63, 3.8) is 0 Å². The normalized spacial score (nSPS) is 26.9. The summed E-state index contributed by atoms with van der Waals surface area (Å²) in [5.41, 5.74) is -1.06. The monoisotopic (exact) mass is 257 g/mol. The van der Waals surface area contributed by atoms with E-state index in [1.54, 1.807) is 0 Å². The van der Waals surface area contributed by atoms with Gasteiger partial charge in [-0.3, -0.25) is 0 Å². The van der Waals surface area contributed by atoms with E-state index in [0.29, 0.717) is 0 Å². The molecule has 0 radical (unpaired) electrons. The fraction of sp³-hybridized carbons (Fsp3) is 0.857. The van der Waals surface area contributed by atoms with Gasteiger partial charge in [0.15, 0.2) is 9.84 Å². The lowest BCUT2D eigenvalue weighted by Gasteiger charge is -2.25. The minimum absolute atomic E-state index is 0.0695. The Morgan fingerprint density at radius 1 is 1.67 bits per heavy atom. The Hall–Kier alpha value is -0.530. The minimum atomic E-state index is -3.44. The highest BCUT2D eigenvalue weighted by Crippen LogP contribution is 2.27. The van der Waals surface area contributed by atoms with Crippen LogP contribution in [-0.2, 0) is 14.6 Å². The van der Waals surface area contributed by atoms with Crippen molar-refractivity contribution in [1.82, 2.24) is 4.42 Å². The molecular weight excluding hydrogens is 246 g/mol. The number of ether oxygens (including phenoxy) is 1. The summed E-state index contributed by atoms with van der Waals surface area (Å²) in [6.07, 6.45) is -0.752. The molecule has 1 unspecified atom stereocenters. The predicted molar refractivity (Wildman–Crippen MR) is 53.2 cm³/mol. The van der Waals surface area contributed by atoms with Crippen molar-refractivity contribution in [1.29, 1.82) is 0 Å². The minimum Gasteiger partial charge on any atom is -0.446 e. The standard InChI is InChI=1S/C7H12ClNO5S/c1-7(4-14-6(11)9(7)8)5-15(12,13)3-2-10/h10H,2-5H2,1H3. The first-order valence-electron chi connectivity index (χ1n) is 4.25. The molecule has 1 atom stereocenters. The van der Waals surface area contributed by atoms with Crippen molar-refractivity contribution in [3.05, 3.63) is 0 Å². The summed E-state index contributed by atoms with van der Waals surface area (Å²) in [6, 6.07) is 0. The number of halogens is 1. The molecular formula is C7H12ClNO5S. The second kappa shape index (κ2) is 4.15. The first-order chi connectivity index (χ1) is 6.81. The average Bonchev–Trinajstić information content (AvgIpc) is 2.32. The van der Waals surface area contributed by atoms with E-state index in [-0.39, 0.29) is 18.1 Å². The van der Waals surface area contributed by atoms with Gasteiger partial charge in [0.25, 0.3) is 0 Å². The number of aliphatic hydroxyl groups is 1. The van der Waals surface area contributed by atoms with Crippen LogP contribution in [-0.4, -0.2) is 54.3 Å². The number of carbonyl (C=O) groups excluding carboxylic acids is 1. The number of hydrogen-bond donors (Lipinski definition) is 1. The molecule has 0 aromatic heterocycles. The van der Waals surface area contributed by atoms with E-state index in [4.69, 9.17) is 16.9 Å². The smallest absolute Gasteiger partial charge is 0.425 e. The molecule has 1 N–H and O–H groups in total. The fourth-order valence-electron chi connectivity index (χ4n) is 1.33. The van der Waals surface area contributed by atoms with E-state index in [2.05, 4.69) is 4.74 Å². The number of carbonyl (C=O) groups is 1. The first kappa shape index (κ1) is 12.5. The summed E-state index contributed by atoms with van der Waals surface area (Å²) in [4.78, 5) is 11.0. The van der Waals surface area contributed by atoms with Crippen LogP contribution in [0.4, 0.5) is 4.79 Å². The molecule has 88 valence electrons. The molecule has 0 aromatic rings. The van der Waals surface area contributed by atoms with Crippen molar-refractivity contribution in [3.8, 4) is 0 Å². The number of aliphatic hydroxyl groups excluding tert-OH is 1. The molecule has 0 aromatic carbocycles. The van der Waals surface area contributed by atoms with Crippen molar-refractivity contribution in [2.75, 3.05) is 24.7 Å². The van der Waals surface area contributed by atoms with Gasteiger partial charge >= 0.3 is 6.09 Å². The van der Waals surface area contributed by atoms with E-state index in [1.165, 1.54) is 6.92 Å². The van der Waals surface area contributed by atoms with Gasteiger partial charge in [-0.2, -0.15) is 0 Å². The largest absolute Gasteiger partial charge is 0.446 e. The highest BCUT2D eigenvalue weighted by molar-refractivity contribution is 7.91. The maximum atomic E-state index is 11.4. The SMILES string of the molecule is CC1(CS(=O)(=O)CCO)COC(=O)N1Cl. The lowest BCUT2D eigenvalue weighted by Crippen LogP contribution is -2.45. The Morgan fingerprint density at radius 2 is 2.27 bits per heavy atom. The maximum absolute atomic E-state index is 11.4. The number of rotatable bonds is 4. The predicted octanol–water partition coefficient (Wildman–Crippen LogP) is -0.242. The third-order valence-electron chi connectivity index (χ3n) is 2.07. The fourth-order valence-corrected chi connectivity index (χ4v) is 3.14. The van der Waals surface area contributed by atoms with Gasteiger partial charge in [-0.25, -0.2) is 17.6 Å². The second-order valence-electron chi connectivity index (χ2n) is 3.65. The van der Waals surface area contributed by atoms with Crippen LogP contribution < -0.4 is 0 Å². The highest BCUT2D eigenvalue weighted by atomic mass is 35.5. The Kier molecular flexibility index (Phi) is 3.47. The molecule has 1 amide bonds. The van der Waals surface area contributed by atoms with Gasteiger partial charge in [0, 0.05) is 11.8 Å². The second-order valence-corrected chi connectivity index (χ2v) is 6.17. The zero-order chi connectivity index (χ0) is 11.7. The van der Waals surface area contributed by atoms with Crippen LogP contribution in [0.1, 0.15) is 6.92 Å². The highest BCUT2D eigenvalue weighted by Gasteiger charge is 2.46. The molecule has 6 nitrogen and oxygen atoms in total. The average molecular weight is 258 g/mol. The van der Waals surface area contributed by atoms with Gasteiger partial charge in [-0.1, -0.05) is 0 Å². The van der Waals surface area contributed by atoms with Crippen molar-refractivity contribution in [2.24, 2.45) is 0 Å². The van der Waals surface area contributed by atoms with E-state index in [1.807, 2.05) is 0 Å². The van der Waals surface area contributed by atoms with E-state index in [0.717, 1.165) is 4.42 Å². The third-order valence-corrected chi connectivity index (χ3v) is 4.49. The van der Waals surface area contributed by atoms with Crippen molar-refractivity contribution < 1.29 is 23.1 Å². The van der Waals surface area contributed by atoms with E-state index in [9.17, 15) is 13.2 Å². The molecule has 1 saturated heterocycles. The third kappa shape index (κ3) is 2.73. The van der Waals surface area contributed by atoms with E-state index >= 15 is 0 Å². The molecule has 0 saturated carbocycles. The molecule has 1 aliphatic rings. The van der Waals surface area contributed by atoms with Crippen LogP contribution in [0.15, 0.2) is 0 Å². The molecule has 0 bridgehead atoms. The Morgan fingerprint density at radius 3 is 2.67 bits per heavy atom. The number of amides is 1. The van der Waals surface area contributed by atoms with Gasteiger partial charge in [0.05, 0.1) is 18.1 Å². The van der Waals surface area contributed by atoms with Crippen molar-refractivity contribution >= 4 is 27.7 Å². The van der Waals surface area contributed by atoms with E-state index < -0.39 is 28.1 Å². The summed E-state index contributed by atoms with van der Waals surface area (Å²) >= 11 is 5.61. The summed E-state index contributed by atoms with van der Waals surface area (Å²) in [5, 5.41) is 8.55. The zero-order valence-electron chi connectivity index (χ0n) is 8.14.